The van der Waals surface area contributed by atoms with Gasteiger partial charge in [-0.2, -0.15) is 0 Å². The molecule has 0 saturated heterocycles. The van der Waals surface area contributed by atoms with E-state index >= 15 is 0 Å². The Labute approximate surface area is 215 Å². The van der Waals surface area contributed by atoms with Crippen molar-refractivity contribution in [2.45, 2.75) is 37.9 Å². The maximum atomic E-state index is 13.5. The van der Waals surface area contributed by atoms with E-state index in [0.717, 1.165) is 5.69 Å². The first-order valence-electron chi connectivity index (χ1n) is 11.4. The van der Waals surface area contributed by atoms with Crippen molar-refractivity contribution in [2.75, 3.05) is 14.2 Å². The van der Waals surface area contributed by atoms with Crippen LogP contribution in [-0.4, -0.2) is 62.7 Å². The fourth-order valence-corrected chi connectivity index (χ4v) is 5.18. The molecule has 37 heavy (non-hydrogen) atoms. The first-order chi connectivity index (χ1) is 17.7. The van der Waals surface area contributed by atoms with Crippen molar-refractivity contribution >= 4 is 9.84 Å². The zero-order chi connectivity index (χ0) is 26.7. The Kier molecular flexibility index (Phi) is 7.50. The topological polar surface area (TPSA) is 142 Å². The number of rotatable bonds is 9. The number of sulfone groups is 1. The molecule has 0 radical (unpaired) electrons. The third-order valence-electron chi connectivity index (χ3n) is 5.92. The standard InChI is InChI=1S/C25H28N6O5S/c1-15-8-6-9-18(28-15)25-30-29-22(31(25)23-20(35-4)10-7-11-21(23)36-5)14-37(33,34)17(3)24(32)19-13-26-16(2)12-27-19/h6-13,17,24,32H,14H2,1-5H3/t17-,24+/m1/s1. The predicted molar refractivity (Wildman–Crippen MR) is 136 cm³/mol. The van der Waals surface area contributed by atoms with Crippen molar-refractivity contribution in [3.05, 3.63) is 71.7 Å². The molecule has 0 saturated carbocycles. The third-order valence-corrected chi connectivity index (χ3v) is 7.97. The van der Waals surface area contributed by atoms with E-state index in [2.05, 4.69) is 25.1 Å². The van der Waals surface area contributed by atoms with Crippen molar-refractivity contribution in [2.24, 2.45) is 0 Å². The van der Waals surface area contributed by atoms with Gasteiger partial charge in [0, 0.05) is 11.9 Å². The van der Waals surface area contributed by atoms with E-state index < -0.39 is 26.9 Å². The fraction of sp³-hybridized carbons (Fsp3) is 0.320. The lowest BCUT2D eigenvalue weighted by molar-refractivity contribution is 0.170. The summed E-state index contributed by atoms with van der Waals surface area (Å²) < 4.78 is 39.8. The number of benzene rings is 1. The summed E-state index contributed by atoms with van der Waals surface area (Å²) in [5.74, 6) is 0.749. The van der Waals surface area contributed by atoms with Crippen LogP contribution < -0.4 is 9.47 Å². The number of hydrogen-bond donors (Lipinski definition) is 1. The minimum Gasteiger partial charge on any atom is -0.494 e. The van der Waals surface area contributed by atoms with Gasteiger partial charge < -0.3 is 14.6 Å². The van der Waals surface area contributed by atoms with Gasteiger partial charge in [-0.25, -0.2) is 13.4 Å². The van der Waals surface area contributed by atoms with Crippen LogP contribution >= 0.6 is 0 Å². The molecule has 3 heterocycles. The number of aliphatic hydroxyl groups is 1. The SMILES string of the molecule is COc1cccc(OC)c1-n1c(CS(=O)(=O)[C@H](C)[C@H](O)c2cnc(C)cn2)nnc1-c1cccc(C)n1. The molecule has 11 nitrogen and oxygen atoms in total. The summed E-state index contributed by atoms with van der Waals surface area (Å²) in [7, 11) is -0.951. The summed E-state index contributed by atoms with van der Waals surface area (Å²) in [6.07, 6.45) is 1.47. The number of aliphatic hydroxyl groups excluding tert-OH is 1. The molecule has 12 heteroatoms. The summed E-state index contributed by atoms with van der Waals surface area (Å²) in [5.41, 5.74) is 2.50. The second kappa shape index (κ2) is 10.6. The molecule has 4 aromatic rings. The minimum atomic E-state index is -3.96. The van der Waals surface area contributed by atoms with E-state index in [4.69, 9.17) is 9.47 Å². The Bertz CT molecular complexity index is 1480. The number of pyridine rings is 1. The number of para-hydroxylation sites is 1. The summed E-state index contributed by atoms with van der Waals surface area (Å²) in [4.78, 5) is 12.8. The van der Waals surface area contributed by atoms with E-state index in [1.165, 1.54) is 33.5 Å². The van der Waals surface area contributed by atoms with Crippen LogP contribution in [0.1, 0.15) is 35.9 Å². The van der Waals surface area contributed by atoms with Gasteiger partial charge in [-0.05, 0) is 45.0 Å². The van der Waals surface area contributed by atoms with Crippen molar-refractivity contribution in [3.8, 4) is 28.7 Å². The van der Waals surface area contributed by atoms with E-state index in [-0.39, 0.29) is 11.5 Å². The first kappa shape index (κ1) is 26.2. The Morgan fingerprint density at radius 3 is 2.22 bits per heavy atom. The van der Waals surface area contributed by atoms with Crippen LogP contribution in [0.2, 0.25) is 0 Å². The van der Waals surface area contributed by atoms with Gasteiger partial charge in [-0.1, -0.05) is 12.1 Å². The monoisotopic (exact) mass is 524 g/mol. The molecule has 194 valence electrons. The number of aromatic nitrogens is 6. The number of hydrogen-bond acceptors (Lipinski definition) is 10. The molecule has 3 aromatic heterocycles. The summed E-state index contributed by atoms with van der Waals surface area (Å²) in [6, 6.07) is 10.6. The maximum absolute atomic E-state index is 13.5. The van der Waals surface area contributed by atoms with Gasteiger partial charge in [-0.3, -0.25) is 14.5 Å². The Balaban J connectivity index is 1.83. The van der Waals surface area contributed by atoms with Gasteiger partial charge >= 0.3 is 0 Å². The number of nitrogens with zero attached hydrogens (tertiary/aromatic N) is 6. The molecule has 0 fully saturated rings. The molecular weight excluding hydrogens is 496 g/mol. The fourth-order valence-electron chi connectivity index (χ4n) is 3.83. The Hall–Kier alpha value is -3.90. The highest BCUT2D eigenvalue weighted by atomic mass is 32.2. The van der Waals surface area contributed by atoms with E-state index in [0.29, 0.717) is 34.4 Å². The summed E-state index contributed by atoms with van der Waals surface area (Å²) >= 11 is 0. The zero-order valence-corrected chi connectivity index (χ0v) is 22.0. The lowest BCUT2D eigenvalue weighted by Gasteiger charge is -2.20. The molecule has 0 aliphatic carbocycles. The number of aryl methyl sites for hydroxylation is 2. The van der Waals surface area contributed by atoms with Crippen LogP contribution in [0.25, 0.3) is 17.2 Å². The first-order valence-corrected chi connectivity index (χ1v) is 13.2. The van der Waals surface area contributed by atoms with E-state index in [9.17, 15) is 13.5 Å². The highest BCUT2D eigenvalue weighted by molar-refractivity contribution is 7.91. The minimum absolute atomic E-state index is 0.107. The molecule has 0 aliphatic heterocycles. The zero-order valence-electron chi connectivity index (χ0n) is 21.2. The Morgan fingerprint density at radius 2 is 1.62 bits per heavy atom. The van der Waals surface area contributed by atoms with E-state index in [1.807, 2.05) is 19.1 Å². The van der Waals surface area contributed by atoms with Gasteiger partial charge in [-0.15, -0.1) is 10.2 Å². The van der Waals surface area contributed by atoms with Crippen LogP contribution in [0.15, 0.2) is 48.8 Å². The van der Waals surface area contributed by atoms with Crippen molar-refractivity contribution in [1.82, 2.24) is 29.7 Å². The molecular formula is C25H28N6O5S. The van der Waals surface area contributed by atoms with Gasteiger partial charge in [0.25, 0.3) is 0 Å². The van der Waals surface area contributed by atoms with Crippen LogP contribution in [0.5, 0.6) is 11.5 Å². The molecule has 2 atom stereocenters. The maximum Gasteiger partial charge on any atom is 0.187 e. The van der Waals surface area contributed by atoms with Crippen LogP contribution in [0, 0.1) is 13.8 Å². The molecule has 4 rings (SSSR count). The van der Waals surface area contributed by atoms with E-state index in [1.54, 1.807) is 35.8 Å². The predicted octanol–water partition coefficient (Wildman–Crippen LogP) is 2.79. The Morgan fingerprint density at radius 1 is 0.946 bits per heavy atom. The molecule has 0 bridgehead atoms. The van der Waals surface area contributed by atoms with Crippen LogP contribution in [-0.2, 0) is 15.6 Å². The summed E-state index contributed by atoms with van der Waals surface area (Å²) in [6.45, 7) is 5.02. The van der Waals surface area contributed by atoms with Gasteiger partial charge in [0.1, 0.15) is 34.7 Å². The molecule has 0 unspecified atom stereocenters. The lowest BCUT2D eigenvalue weighted by atomic mass is 10.2. The lowest BCUT2D eigenvalue weighted by Crippen LogP contribution is -2.28. The van der Waals surface area contributed by atoms with Gasteiger partial charge in [0.15, 0.2) is 21.5 Å². The largest absolute Gasteiger partial charge is 0.494 e. The average Bonchev–Trinajstić information content (AvgIpc) is 3.29. The number of methoxy groups -OCH3 is 2. The van der Waals surface area contributed by atoms with Crippen molar-refractivity contribution in [1.29, 1.82) is 0 Å². The molecule has 0 amide bonds. The van der Waals surface area contributed by atoms with Gasteiger partial charge in [0.05, 0.1) is 37.1 Å². The second-order valence-corrected chi connectivity index (χ2v) is 10.8. The molecule has 1 N–H and O–H groups in total. The highest BCUT2D eigenvalue weighted by Gasteiger charge is 2.33. The van der Waals surface area contributed by atoms with Crippen LogP contribution in [0.3, 0.4) is 0 Å². The molecule has 1 aromatic carbocycles. The smallest absolute Gasteiger partial charge is 0.187 e. The highest BCUT2D eigenvalue weighted by Crippen LogP contribution is 2.36. The third kappa shape index (κ3) is 5.30. The normalized spacial score (nSPS) is 13.2. The summed E-state index contributed by atoms with van der Waals surface area (Å²) in [5, 5.41) is 18.1. The second-order valence-electron chi connectivity index (χ2n) is 8.49. The molecule has 0 aliphatic rings. The van der Waals surface area contributed by atoms with Crippen molar-refractivity contribution in [3.63, 3.8) is 0 Å². The number of ether oxygens (including phenoxy) is 2. The van der Waals surface area contributed by atoms with Crippen LogP contribution in [0.4, 0.5) is 0 Å². The quantitative estimate of drug-likeness (QED) is 0.347. The van der Waals surface area contributed by atoms with Gasteiger partial charge in [0.2, 0.25) is 0 Å². The average molecular weight is 525 g/mol. The molecule has 0 spiro atoms. The van der Waals surface area contributed by atoms with Crippen molar-refractivity contribution < 1.29 is 23.0 Å².